The molecule has 3 N–H and O–H groups in total. The maximum Gasteiger partial charge on any atom is 0.328 e. The second-order valence-electron chi connectivity index (χ2n) is 10.9. The van der Waals surface area contributed by atoms with E-state index in [1.54, 1.807) is 24.3 Å². The van der Waals surface area contributed by atoms with Crippen LogP contribution in [0.15, 0.2) is 28.8 Å². The van der Waals surface area contributed by atoms with Gasteiger partial charge in [0.2, 0.25) is 17.4 Å². The molecule has 5 rings (SSSR count). The number of fused-ring (bicyclic) bond motifs is 2. The number of anilines is 1. The fourth-order valence-electron chi connectivity index (χ4n) is 5.68. The molecule has 14 heteroatoms. The van der Waals surface area contributed by atoms with Gasteiger partial charge < -0.3 is 19.5 Å². The number of carbonyl (C=O) groups is 4. The molecule has 1 aromatic carbocycles. The average Bonchev–Trinajstić information content (AvgIpc) is 3.37. The molecule has 224 valence electrons. The normalized spacial score (nSPS) is 21.8. The highest BCUT2D eigenvalue weighted by molar-refractivity contribution is 6.38. The second-order valence-corrected chi connectivity index (χ2v) is 11.3. The van der Waals surface area contributed by atoms with E-state index in [9.17, 15) is 19.2 Å². The van der Waals surface area contributed by atoms with Crippen molar-refractivity contribution < 1.29 is 28.4 Å². The summed E-state index contributed by atoms with van der Waals surface area (Å²) in [6.45, 7) is 4.43. The summed E-state index contributed by atoms with van der Waals surface area (Å²) in [5, 5.41) is 20.4. The zero-order valence-electron chi connectivity index (χ0n) is 23.8. The van der Waals surface area contributed by atoms with Crippen molar-refractivity contribution in [3.05, 3.63) is 51.8 Å². The second kappa shape index (κ2) is 12.4. The summed E-state index contributed by atoms with van der Waals surface area (Å²) in [7, 11) is 1.81. The number of urea groups is 1. The topological polar surface area (TPSA) is 180 Å². The fraction of sp³-hybridized carbons (Fsp3) is 0.414. The number of imide groups is 2. The van der Waals surface area contributed by atoms with Crippen LogP contribution in [-0.4, -0.2) is 59.7 Å². The molecule has 3 atom stereocenters. The molecule has 1 fully saturated rings. The van der Waals surface area contributed by atoms with Crippen LogP contribution >= 0.6 is 11.6 Å². The number of rotatable bonds is 4. The minimum Gasteiger partial charge on any atom is -0.374 e. The third kappa shape index (κ3) is 6.30. The van der Waals surface area contributed by atoms with E-state index >= 15 is 0 Å². The number of likely N-dealkylation sites (N-methyl/N-ethyl adjacent to an activating group) is 1. The molecule has 0 aliphatic carbocycles. The van der Waals surface area contributed by atoms with Crippen LogP contribution in [0, 0.1) is 23.2 Å². The number of hydrogen-bond acceptors (Lipinski definition) is 10. The van der Waals surface area contributed by atoms with Gasteiger partial charge in [0.1, 0.15) is 16.5 Å². The Morgan fingerprint density at radius 3 is 2.65 bits per heavy atom. The number of amides is 5. The van der Waals surface area contributed by atoms with Crippen molar-refractivity contribution in [2.75, 3.05) is 18.5 Å². The third-order valence-electron chi connectivity index (χ3n) is 7.61. The molecule has 1 unspecified atom stereocenters. The fourth-order valence-corrected chi connectivity index (χ4v) is 6.05. The van der Waals surface area contributed by atoms with Gasteiger partial charge in [-0.1, -0.05) is 28.9 Å². The largest absolute Gasteiger partial charge is 0.374 e. The molecule has 2 aliphatic rings. The number of aromatic nitrogens is 2. The maximum atomic E-state index is 13.2. The molecule has 0 spiro atoms. The van der Waals surface area contributed by atoms with E-state index in [-0.39, 0.29) is 47.0 Å². The van der Waals surface area contributed by atoms with Gasteiger partial charge in [-0.05, 0) is 56.7 Å². The highest BCUT2D eigenvalue weighted by atomic mass is 35.5. The van der Waals surface area contributed by atoms with Crippen molar-refractivity contribution in [2.45, 2.75) is 51.9 Å². The lowest BCUT2D eigenvalue weighted by molar-refractivity contribution is -0.138. The number of nitrogens with one attached hydrogen (secondary N) is 3. The standard InChI is InChI=1S/C29H30ClN7O6/c1-14-7-8-18(20-26(38)34-29(41)35-27(20)39)10-19-24(37(3)13-15(2)42-14)21(30)25-22(33-19)23(36-43-25)28(40)32-12-17-6-4-5-16(9-17)11-31/h4-6,9,14-15,18,20H,7-8,10,12-13H2,1-3H3,(H,32,40)(H2,34,35,38,39,41)/t14-,15+,18?/m0/s1. The summed E-state index contributed by atoms with van der Waals surface area (Å²) in [5.74, 6) is -3.69. The van der Waals surface area contributed by atoms with Gasteiger partial charge in [-0.2, -0.15) is 5.26 Å². The van der Waals surface area contributed by atoms with Crippen LogP contribution in [0.3, 0.4) is 0 Å². The summed E-state index contributed by atoms with van der Waals surface area (Å²) >= 11 is 6.90. The average molecular weight is 608 g/mol. The van der Waals surface area contributed by atoms with Crippen molar-refractivity contribution in [2.24, 2.45) is 11.8 Å². The Balaban J connectivity index is 1.54. The first-order chi connectivity index (χ1) is 20.5. The predicted octanol–water partition coefficient (Wildman–Crippen LogP) is 2.84. The van der Waals surface area contributed by atoms with Crippen molar-refractivity contribution in [1.82, 2.24) is 26.1 Å². The minimum atomic E-state index is -1.16. The first kappa shape index (κ1) is 29.9. The van der Waals surface area contributed by atoms with Gasteiger partial charge in [0, 0.05) is 20.1 Å². The molecule has 1 saturated heterocycles. The van der Waals surface area contributed by atoms with Gasteiger partial charge in [-0.3, -0.25) is 25.0 Å². The quantitative estimate of drug-likeness (QED) is 0.373. The van der Waals surface area contributed by atoms with E-state index in [4.69, 9.17) is 31.1 Å². The number of pyridine rings is 1. The van der Waals surface area contributed by atoms with E-state index in [1.165, 1.54) is 0 Å². The van der Waals surface area contributed by atoms with Gasteiger partial charge in [0.15, 0.2) is 5.69 Å². The summed E-state index contributed by atoms with van der Waals surface area (Å²) in [6, 6.07) is 8.03. The van der Waals surface area contributed by atoms with E-state index in [0.29, 0.717) is 36.3 Å². The monoisotopic (exact) mass is 607 g/mol. The number of nitriles is 1. The smallest absolute Gasteiger partial charge is 0.328 e. The number of benzene rings is 1. The van der Waals surface area contributed by atoms with E-state index in [0.717, 1.165) is 5.56 Å². The number of nitrogens with zero attached hydrogens (tertiary/aromatic N) is 4. The number of ether oxygens (including phenoxy) is 1. The zero-order valence-corrected chi connectivity index (χ0v) is 24.5. The van der Waals surface area contributed by atoms with Crippen LogP contribution in [0.1, 0.15) is 54.0 Å². The Morgan fingerprint density at radius 1 is 1.19 bits per heavy atom. The Kier molecular flexibility index (Phi) is 8.61. The number of halogens is 1. The third-order valence-corrected chi connectivity index (χ3v) is 7.96. The maximum absolute atomic E-state index is 13.2. The van der Waals surface area contributed by atoms with Gasteiger partial charge in [0.05, 0.1) is 35.2 Å². The van der Waals surface area contributed by atoms with Gasteiger partial charge in [-0.15, -0.1) is 0 Å². The molecule has 0 saturated carbocycles. The first-order valence-electron chi connectivity index (χ1n) is 13.8. The van der Waals surface area contributed by atoms with Crippen LogP contribution in [0.2, 0.25) is 5.02 Å². The van der Waals surface area contributed by atoms with Crippen molar-refractivity contribution in [1.29, 1.82) is 5.26 Å². The van der Waals surface area contributed by atoms with Gasteiger partial charge in [-0.25, -0.2) is 9.78 Å². The molecule has 5 amide bonds. The highest BCUT2D eigenvalue weighted by Gasteiger charge is 2.41. The van der Waals surface area contributed by atoms with Crippen molar-refractivity contribution >= 4 is 52.1 Å². The molecule has 2 aromatic heterocycles. The predicted molar refractivity (Wildman–Crippen MR) is 154 cm³/mol. The van der Waals surface area contributed by atoms with E-state index < -0.39 is 35.6 Å². The first-order valence-corrected chi connectivity index (χ1v) is 14.2. The molecule has 4 heterocycles. The summed E-state index contributed by atoms with van der Waals surface area (Å²) < 4.78 is 11.7. The lowest BCUT2D eigenvalue weighted by Crippen LogP contribution is -2.58. The number of barbiturate groups is 1. The van der Waals surface area contributed by atoms with Crippen LogP contribution < -0.4 is 20.9 Å². The summed E-state index contributed by atoms with van der Waals surface area (Å²) in [6.07, 6.45) is 0.709. The Bertz CT molecular complexity index is 1630. The highest BCUT2D eigenvalue weighted by Crippen LogP contribution is 2.39. The van der Waals surface area contributed by atoms with E-state index in [1.807, 2.05) is 25.8 Å². The van der Waals surface area contributed by atoms with Gasteiger partial charge >= 0.3 is 6.03 Å². The molecule has 43 heavy (non-hydrogen) atoms. The molecule has 0 bridgehead atoms. The summed E-state index contributed by atoms with van der Waals surface area (Å²) in [5.41, 5.74) is 2.25. The lowest BCUT2D eigenvalue weighted by Gasteiger charge is -2.29. The van der Waals surface area contributed by atoms with Crippen molar-refractivity contribution in [3.63, 3.8) is 0 Å². The van der Waals surface area contributed by atoms with Crippen LogP contribution in [-0.2, 0) is 27.3 Å². The number of carbonyl (C=O) groups excluding carboxylic acids is 4. The number of hydrogen-bond donors (Lipinski definition) is 3. The molecular weight excluding hydrogens is 578 g/mol. The molecule has 3 aromatic rings. The molecule has 13 nitrogen and oxygen atoms in total. The Morgan fingerprint density at radius 2 is 1.93 bits per heavy atom. The Labute approximate surface area is 251 Å². The minimum absolute atomic E-state index is 0.0891. The summed E-state index contributed by atoms with van der Waals surface area (Å²) in [4.78, 5) is 57.4. The Hall–Kier alpha value is -4.54. The molecule has 0 radical (unpaired) electrons. The molecular formula is C29H30ClN7O6. The van der Waals surface area contributed by atoms with Crippen LogP contribution in [0.25, 0.3) is 11.1 Å². The van der Waals surface area contributed by atoms with Crippen LogP contribution in [0.5, 0.6) is 0 Å². The van der Waals surface area contributed by atoms with Gasteiger partial charge in [0.25, 0.3) is 5.91 Å². The van der Waals surface area contributed by atoms with Crippen LogP contribution in [0.4, 0.5) is 10.5 Å². The molecule has 2 aliphatic heterocycles. The lowest BCUT2D eigenvalue weighted by atomic mass is 9.81. The SMILES string of the molecule is C[C@@H]1CN(C)c2c(nc3c(C(=O)NCc4cccc(C#N)c4)noc3c2Cl)CC(C2C(=O)NC(=O)NC2=O)CC[C@H](C)O1. The zero-order chi connectivity index (χ0) is 30.8. The van der Waals surface area contributed by atoms with E-state index in [2.05, 4.69) is 27.2 Å². The van der Waals surface area contributed by atoms with Crippen molar-refractivity contribution in [3.8, 4) is 6.07 Å².